The molecule has 2 fully saturated rings. The smallest absolute Gasteiger partial charge is 0.407 e. The SMILES string of the molecule is O=C(O)N1C[C@H]2CCC(O)C[C@H]2C1. The molecular formula is C9H15NO3. The summed E-state index contributed by atoms with van der Waals surface area (Å²) in [5.74, 6) is 0.902. The first kappa shape index (κ1) is 8.81. The molecule has 4 nitrogen and oxygen atoms in total. The van der Waals surface area contributed by atoms with Crippen molar-refractivity contribution in [2.45, 2.75) is 25.4 Å². The molecule has 2 N–H and O–H groups in total. The van der Waals surface area contributed by atoms with Gasteiger partial charge in [0.05, 0.1) is 6.10 Å². The van der Waals surface area contributed by atoms with E-state index in [0.717, 1.165) is 19.3 Å². The number of nitrogens with zero attached hydrogens (tertiary/aromatic N) is 1. The summed E-state index contributed by atoms with van der Waals surface area (Å²) in [5, 5.41) is 18.2. The molecule has 1 heterocycles. The van der Waals surface area contributed by atoms with E-state index in [-0.39, 0.29) is 6.10 Å². The van der Waals surface area contributed by atoms with Crippen molar-refractivity contribution in [2.24, 2.45) is 11.8 Å². The maximum atomic E-state index is 10.7. The van der Waals surface area contributed by atoms with Crippen LogP contribution in [0.25, 0.3) is 0 Å². The second kappa shape index (κ2) is 3.18. The second-order valence-electron chi connectivity index (χ2n) is 4.17. The quantitative estimate of drug-likeness (QED) is 0.585. The molecule has 1 unspecified atom stereocenters. The number of carbonyl (C=O) groups is 1. The number of aliphatic hydroxyl groups is 1. The Bertz CT molecular complexity index is 219. The minimum atomic E-state index is -0.816. The van der Waals surface area contributed by atoms with Gasteiger partial charge in [-0.25, -0.2) is 4.79 Å². The number of amides is 1. The van der Waals surface area contributed by atoms with Gasteiger partial charge in [0, 0.05) is 13.1 Å². The van der Waals surface area contributed by atoms with Gasteiger partial charge < -0.3 is 15.1 Å². The van der Waals surface area contributed by atoms with E-state index >= 15 is 0 Å². The van der Waals surface area contributed by atoms with Crippen molar-refractivity contribution in [1.82, 2.24) is 4.90 Å². The van der Waals surface area contributed by atoms with Crippen LogP contribution in [-0.2, 0) is 0 Å². The minimum absolute atomic E-state index is 0.199. The van der Waals surface area contributed by atoms with Crippen LogP contribution in [0.3, 0.4) is 0 Å². The summed E-state index contributed by atoms with van der Waals surface area (Å²) in [7, 11) is 0. The highest BCUT2D eigenvalue weighted by atomic mass is 16.4. The van der Waals surface area contributed by atoms with E-state index in [1.165, 1.54) is 4.90 Å². The van der Waals surface area contributed by atoms with Gasteiger partial charge in [-0.15, -0.1) is 0 Å². The monoisotopic (exact) mass is 185 g/mol. The number of hydrogen-bond donors (Lipinski definition) is 2. The van der Waals surface area contributed by atoms with Gasteiger partial charge in [0.1, 0.15) is 0 Å². The lowest BCUT2D eigenvalue weighted by molar-refractivity contribution is 0.0864. The highest BCUT2D eigenvalue weighted by molar-refractivity contribution is 5.65. The average molecular weight is 185 g/mol. The number of carboxylic acid groups (broad SMARTS) is 1. The molecule has 74 valence electrons. The summed E-state index contributed by atoms with van der Waals surface area (Å²) >= 11 is 0. The molecule has 13 heavy (non-hydrogen) atoms. The Labute approximate surface area is 77.2 Å². The van der Waals surface area contributed by atoms with Gasteiger partial charge in [0.25, 0.3) is 0 Å². The molecule has 0 aromatic carbocycles. The Morgan fingerprint density at radius 2 is 1.92 bits per heavy atom. The average Bonchev–Trinajstić information content (AvgIpc) is 2.46. The van der Waals surface area contributed by atoms with E-state index in [0.29, 0.717) is 24.9 Å². The van der Waals surface area contributed by atoms with Crippen LogP contribution in [0.15, 0.2) is 0 Å². The lowest BCUT2D eigenvalue weighted by atomic mass is 9.80. The first-order chi connectivity index (χ1) is 6.16. The van der Waals surface area contributed by atoms with Crippen LogP contribution in [0.1, 0.15) is 19.3 Å². The molecule has 1 aliphatic carbocycles. The summed E-state index contributed by atoms with van der Waals surface area (Å²) in [6.45, 7) is 1.30. The van der Waals surface area contributed by atoms with Crippen LogP contribution in [0, 0.1) is 11.8 Å². The van der Waals surface area contributed by atoms with Crippen molar-refractivity contribution in [3.05, 3.63) is 0 Å². The second-order valence-corrected chi connectivity index (χ2v) is 4.17. The fourth-order valence-electron chi connectivity index (χ4n) is 2.56. The first-order valence-corrected chi connectivity index (χ1v) is 4.82. The fraction of sp³-hybridized carbons (Fsp3) is 0.889. The summed E-state index contributed by atoms with van der Waals surface area (Å²) in [5.41, 5.74) is 0. The molecule has 0 aromatic rings. The van der Waals surface area contributed by atoms with Crippen molar-refractivity contribution in [2.75, 3.05) is 13.1 Å². The lowest BCUT2D eigenvalue weighted by Crippen LogP contribution is -2.27. The Morgan fingerprint density at radius 1 is 1.23 bits per heavy atom. The lowest BCUT2D eigenvalue weighted by Gasteiger charge is -2.27. The predicted molar refractivity (Wildman–Crippen MR) is 46.4 cm³/mol. The zero-order valence-electron chi connectivity index (χ0n) is 7.52. The van der Waals surface area contributed by atoms with Gasteiger partial charge in [0.2, 0.25) is 0 Å². The molecule has 0 aromatic heterocycles. The zero-order valence-corrected chi connectivity index (χ0v) is 7.52. The van der Waals surface area contributed by atoms with Crippen molar-refractivity contribution in [3.63, 3.8) is 0 Å². The summed E-state index contributed by atoms with van der Waals surface area (Å²) in [4.78, 5) is 12.2. The molecule has 1 saturated heterocycles. The van der Waals surface area contributed by atoms with Crippen LogP contribution < -0.4 is 0 Å². The predicted octanol–water partition coefficient (Wildman–Crippen LogP) is 0.757. The van der Waals surface area contributed by atoms with E-state index < -0.39 is 6.09 Å². The molecule has 0 radical (unpaired) electrons. The topological polar surface area (TPSA) is 60.8 Å². The van der Waals surface area contributed by atoms with Crippen molar-refractivity contribution in [3.8, 4) is 0 Å². The minimum Gasteiger partial charge on any atom is -0.465 e. The molecule has 2 aliphatic rings. The third-order valence-electron chi connectivity index (χ3n) is 3.29. The van der Waals surface area contributed by atoms with Crippen LogP contribution in [0.4, 0.5) is 4.79 Å². The largest absolute Gasteiger partial charge is 0.465 e. The molecule has 1 aliphatic heterocycles. The summed E-state index contributed by atoms with van der Waals surface area (Å²) < 4.78 is 0. The molecule has 0 spiro atoms. The molecule has 3 atom stereocenters. The summed E-state index contributed by atoms with van der Waals surface area (Å²) in [6, 6.07) is 0. The molecule has 4 heteroatoms. The molecule has 1 saturated carbocycles. The van der Waals surface area contributed by atoms with E-state index in [2.05, 4.69) is 0 Å². The molecule has 2 rings (SSSR count). The van der Waals surface area contributed by atoms with Crippen molar-refractivity contribution >= 4 is 6.09 Å². The highest BCUT2D eigenvalue weighted by Gasteiger charge is 2.38. The van der Waals surface area contributed by atoms with E-state index in [1.54, 1.807) is 0 Å². The van der Waals surface area contributed by atoms with E-state index in [9.17, 15) is 9.90 Å². The van der Waals surface area contributed by atoms with Crippen LogP contribution in [-0.4, -0.2) is 40.4 Å². The van der Waals surface area contributed by atoms with E-state index in [1.807, 2.05) is 0 Å². The van der Waals surface area contributed by atoms with Gasteiger partial charge >= 0.3 is 6.09 Å². The number of aliphatic hydroxyl groups excluding tert-OH is 1. The maximum absolute atomic E-state index is 10.7. The Balaban J connectivity index is 1.98. The molecular weight excluding hydrogens is 170 g/mol. The van der Waals surface area contributed by atoms with Crippen LogP contribution in [0.2, 0.25) is 0 Å². The maximum Gasteiger partial charge on any atom is 0.407 e. The normalized spacial score (nSPS) is 38.8. The third kappa shape index (κ3) is 1.63. The highest BCUT2D eigenvalue weighted by Crippen LogP contribution is 2.36. The number of hydrogen-bond acceptors (Lipinski definition) is 2. The number of likely N-dealkylation sites (tertiary alicyclic amines) is 1. The zero-order chi connectivity index (χ0) is 9.42. The molecule has 0 bridgehead atoms. The van der Waals surface area contributed by atoms with Crippen LogP contribution in [0.5, 0.6) is 0 Å². The summed E-state index contributed by atoms with van der Waals surface area (Å²) in [6.07, 6.45) is 1.59. The third-order valence-corrected chi connectivity index (χ3v) is 3.29. The van der Waals surface area contributed by atoms with E-state index in [4.69, 9.17) is 5.11 Å². The van der Waals surface area contributed by atoms with Crippen molar-refractivity contribution < 1.29 is 15.0 Å². The molecule has 1 amide bonds. The van der Waals surface area contributed by atoms with Gasteiger partial charge in [-0.05, 0) is 31.1 Å². The number of fused-ring (bicyclic) bond motifs is 1. The fourth-order valence-corrected chi connectivity index (χ4v) is 2.56. The first-order valence-electron chi connectivity index (χ1n) is 4.82. The van der Waals surface area contributed by atoms with Gasteiger partial charge in [-0.3, -0.25) is 0 Å². The number of rotatable bonds is 0. The standard InChI is InChI=1S/C9H15NO3/c11-8-2-1-6-4-10(9(12)13)5-7(6)3-8/h6-8,11H,1-5H2,(H,12,13)/t6-,7+,8?/m1/s1. The Hall–Kier alpha value is -0.770. The van der Waals surface area contributed by atoms with Gasteiger partial charge in [-0.1, -0.05) is 0 Å². The van der Waals surface area contributed by atoms with Gasteiger partial charge in [-0.2, -0.15) is 0 Å². The Kier molecular flexibility index (Phi) is 2.15. The van der Waals surface area contributed by atoms with Gasteiger partial charge in [0.15, 0.2) is 0 Å². The van der Waals surface area contributed by atoms with Crippen LogP contribution >= 0.6 is 0 Å². The Morgan fingerprint density at radius 3 is 2.62 bits per heavy atom. The van der Waals surface area contributed by atoms with Crippen molar-refractivity contribution in [1.29, 1.82) is 0 Å².